The second-order valence-corrected chi connectivity index (χ2v) is 8.47. The molecule has 1 aliphatic rings. The van der Waals surface area contributed by atoms with Gasteiger partial charge >= 0.3 is 0 Å². The standard InChI is InChI=1S/C22H27N3O3S/c1-24(2)21(27)17-10-12-25(13-11-17)22(28)18(15-16-7-4-3-5-8-16)23-20(26)19-9-6-14-29-19/h3-9,14,17-18H,10-13,15H2,1-2H3,(H,23,26). The average molecular weight is 414 g/mol. The van der Waals surface area contributed by atoms with Gasteiger partial charge in [-0.2, -0.15) is 0 Å². The van der Waals surface area contributed by atoms with Crippen molar-refractivity contribution in [2.75, 3.05) is 27.2 Å². The highest BCUT2D eigenvalue weighted by atomic mass is 32.1. The quantitative estimate of drug-likeness (QED) is 0.791. The van der Waals surface area contributed by atoms with Crippen molar-refractivity contribution in [3.63, 3.8) is 0 Å². The van der Waals surface area contributed by atoms with Crippen molar-refractivity contribution >= 4 is 29.1 Å². The van der Waals surface area contributed by atoms with Crippen LogP contribution in [0.5, 0.6) is 0 Å². The minimum atomic E-state index is -0.631. The van der Waals surface area contributed by atoms with Crippen molar-refractivity contribution in [3.05, 3.63) is 58.3 Å². The molecule has 1 saturated heterocycles. The molecule has 0 spiro atoms. The number of hydrogen-bond acceptors (Lipinski definition) is 4. The van der Waals surface area contributed by atoms with Gasteiger partial charge in [0, 0.05) is 39.5 Å². The first kappa shape index (κ1) is 21.0. The van der Waals surface area contributed by atoms with Gasteiger partial charge in [-0.3, -0.25) is 14.4 Å². The molecule has 0 radical (unpaired) electrons. The van der Waals surface area contributed by atoms with E-state index in [0.29, 0.717) is 37.2 Å². The third kappa shape index (κ3) is 5.44. The van der Waals surface area contributed by atoms with E-state index < -0.39 is 6.04 Å². The Balaban J connectivity index is 1.69. The van der Waals surface area contributed by atoms with E-state index in [1.807, 2.05) is 41.8 Å². The monoisotopic (exact) mass is 413 g/mol. The lowest BCUT2D eigenvalue weighted by molar-refractivity contribution is -0.140. The predicted octanol–water partition coefficient (Wildman–Crippen LogP) is 2.42. The topological polar surface area (TPSA) is 69.7 Å². The number of hydrogen-bond donors (Lipinski definition) is 1. The molecule has 2 aromatic rings. The third-order valence-electron chi connectivity index (χ3n) is 5.23. The molecule has 0 bridgehead atoms. The number of amides is 3. The lowest BCUT2D eigenvalue weighted by atomic mass is 9.94. The summed E-state index contributed by atoms with van der Waals surface area (Å²) in [6.07, 6.45) is 1.74. The Morgan fingerprint density at radius 1 is 1.10 bits per heavy atom. The van der Waals surface area contributed by atoms with Gasteiger partial charge in [0.1, 0.15) is 6.04 Å². The Hall–Kier alpha value is -2.67. The Bertz CT molecular complexity index is 828. The second kappa shape index (κ2) is 9.69. The molecule has 1 atom stereocenters. The average Bonchev–Trinajstić information content (AvgIpc) is 3.28. The number of carbonyl (C=O) groups excluding carboxylic acids is 3. The molecule has 1 aromatic carbocycles. The van der Waals surface area contributed by atoms with E-state index in [4.69, 9.17) is 0 Å². The minimum Gasteiger partial charge on any atom is -0.349 e. The van der Waals surface area contributed by atoms with Crippen LogP contribution in [0, 0.1) is 5.92 Å². The zero-order valence-corrected chi connectivity index (χ0v) is 17.7. The van der Waals surface area contributed by atoms with E-state index in [2.05, 4.69) is 5.32 Å². The van der Waals surface area contributed by atoms with Crippen LogP contribution in [-0.4, -0.2) is 60.7 Å². The van der Waals surface area contributed by atoms with Gasteiger partial charge in [0.2, 0.25) is 11.8 Å². The number of nitrogens with one attached hydrogen (secondary N) is 1. The maximum atomic E-state index is 13.2. The summed E-state index contributed by atoms with van der Waals surface area (Å²) < 4.78 is 0. The van der Waals surface area contributed by atoms with Crippen LogP contribution in [-0.2, 0) is 16.0 Å². The van der Waals surface area contributed by atoms with Crippen LogP contribution in [0.15, 0.2) is 47.8 Å². The van der Waals surface area contributed by atoms with E-state index in [1.165, 1.54) is 11.3 Å². The molecule has 0 aliphatic carbocycles. The lowest BCUT2D eigenvalue weighted by Crippen LogP contribution is -2.52. The van der Waals surface area contributed by atoms with Crippen LogP contribution in [0.25, 0.3) is 0 Å². The second-order valence-electron chi connectivity index (χ2n) is 7.53. The van der Waals surface area contributed by atoms with Crippen LogP contribution in [0.4, 0.5) is 0 Å². The van der Waals surface area contributed by atoms with Gasteiger partial charge in [-0.1, -0.05) is 36.4 Å². The normalized spacial score (nSPS) is 15.6. The lowest BCUT2D eigenvalue weighted by Gasteiger charge is -2.34. The number of piperidine rings is 1. The van der Waals surface area contributed by atoms with Crippen LogP contribution in [0.1, 0.15) is 28.1 Å². The molecule has 3 rings (SSSR count). The van der Waals surface area contributed by atoms with Crippen molar-refractivity contribution in [2.24, 2.45) is 5.92 Å². The van der Waals surface area contributed by atoms with E-state index >= 15 is 0 Å². The molecule has 1 N–H and O–H groups in total. The van der Waals surface area contributed by atoms with Crippen LogP contribution < -0.4 is 5.32 Å². The van der Waals surface area contributed by atoms with Gasteiger partial charge in [-0.15, -0.1) is 11.3 Å². The van der Waals surface area contributed by atoms with E-state index in [9.17, 15) is 14.4 Å². The van der Waals surface area contributed by atoms with Crippen molar-refractivity contribution in [1.82, 2.24) is 15.1 Å². The zero-order valence-electron chi connectivity index (χ0n) is 16.8. The van der Waals surface area contributed by atoms with Crippen molar-refractivity contribution in [3.8, 4) is 0 Å². The molecule has 6 nitrogen and oxygen atoms in total. The predicted molar refractivity (Wildman–Crippen MR) is 114 cm³/mol. The summed E-state index contributed by atoms with van der Waals surface area (Å²) in [5.41, 5.74) is 0.995. The Morgan fingerprint density at radius 2 is 1.79 bits per heavy atom. The largest absolute Gasteiger partial charge is 0.349 e. The molecule has 3 amide bonds. The van der Waals surface area contributed by atoms with Crippen molar-refractivity contribution in [1.29, 1.82) is 0 Å². The van der Waals surface area contributed by atoms with Crippen molar-refractivity contribution in [2.45, 2.75) is 25.3 Å². The fraction of sp³-hybridized carbons (Fsp3) is 0.409. The van der Waals surface area contributed by atoms with Crippen LogP contribution >= 0.6 is 11.3 Å². The molecule has 154 valence electrons. The highest BCUT2D eigenvalue weighted by Crippen LogP contribution is 2.20. The Labute approximate surface area is 175 Å². The molecular formula is C22H27N3O3S. The Morgan fingerprint density at radius 3 is 2.38 bits per heavy atom. The molecule has 2 heterocycles. The summed E-state index contributed by atoms with van der Waals surface area (Å²) in [6, 6.07) is 12.6. The number of benzene rings is 1. The van der Waals surface area contributed by atoms with Crippen LogP contribution in [0.3, 0.4) is 0 Å². The number of carbonyl (C=O) groups is 3. The van der Waals surface area contributed by atoms with Gasteiger partial charge in [0.05, 0.1) is 4.88 Å². The molecular weight excluding hydrogens is 386 g/mol. The molecule has 7 heteroatoms. The maximum absolute atomic E-state index is 13.2. The number of thiophene rings is 1. The zero-order chi connectivity index (χ0) is 20.8. The number of likely N-dealkylation sites (tertiary alicyclic amines) is 1. The first-order valence-electron chi connectivity index (χ1n) is 9.84. The molecule has 1 aliphatic heterocycles. The fourth-order valence-electron chi connectivity index (χ4n) is 3.62. The molecule has 1 unspecified atom stereocenters. The first-order chi connectivity index (χ1) is 14.0. The summed E-state index contributed by atoms with van der Waals surface area (Å²) in [7, 11) is 3.52. The van der Waals surface area contributed by atoms with Gasteiger partial charge in [0.15, 0.2) is 0 Å². The van der Waals surface area contributed by atoms with Crippen molar-refractivity contribution < 1.29 is 14.4 Å². The molecule has 29 heavy (non-hydrogen) atoms. The Kier molecular flexibility index (Phi) is 7.04. The summed E-state index contributed by atoms with van der Waals surface area (Å²) >= 11 is 1.35. The van der Waals surface area contributed by atoms with E-state index in [0.717, 1.165) is 5.56 Å². The molecule has 1 aromatic heterocycles. The molecule has 0 saturated carbocycles. The SMILES string of the molecule is CN(C)C(=O)C1CCN(C(=O)C(Cc2ccccc2)NC(=O)c2cccs2)CC1. The highest BCUT2D eigenvalue weighted by Gasteiger charge is 2.32. The van der Waals surface area contributed by atoms with E-state index in [-0.39, 0.29) is 23.6 Å². The fourth-order valence-corrected chi connectivity index (χ4v) is 4.25. The summed E-state index contributed by atoms with van der Waals surface area (Å²) in [6.45, 7) is 1.06. The van der Waals surface area contributed by atoms with Gasteiger partial charge in [-0.25, -0.2) is 0 Å². The number of nitrogens with zero attached hydrogens (tertiary/aromatic N) is 2. The van der Waals surface area contributed by atoms with Gasteiger partial charge < -0.3 is 15.1 Å². The minimum absolute atomic E-state index is 0.0395. The maximum Gasteiger partial charge on any atom is 0.262 e. The third-order valence-corrected chi connectivity index (χ3v) is 6.10. The summed E-state index contributed by atoms with van der Waals surface area (Å²) in [5, 5.41) is 4.77. The molecule has 1 fully saturated rings. The summed E-state index contributed by atoms with van der Waals surface area (Å²) in [4.78, 5) is 42.0. The van der Waals surface area contributed by atoms with Gasteiger partial charge in [-0.05, 0) is 29.9 Å². The van der Waals surface area contributed by atoms with E-state index in [1.54, 1.807) is 30.0 Å². The number of rotatable bonds is 6. The summed E-state index contributed by atoms with van der Waals surface area (Å²) in [5.74, 6) is -0.243. The highest BCUT2D eigenvalue weighted by molar-refractivity contribution is 7.12. The van der Waals surface area contributed by atoms with Gasteiger partial charge in [0.25, 0.3) is 5.91 Å². The van der Waals surface area contributed by atoms with Crippen LogP contribution in [0.2, 0.25) is 0 Å². The smallest absolute Gasteiger partial charge is 0.262 e. The first-order valence-corrected chi connectivity index (χ1v) is 10.7.